The zero-order valence-corrected chi connectivity index (χ0v) is 53.1. The monoisotopic (exact) mass is 1090 g/mol. The quantitative estimate of drug-likeness (QED) is 0.163. The standard InChI is InChI=1S/C78H87BN2S/c1-72(2,3)49-27-28-63-62(40-49)79-69-65(41-52(75(10,11)12)42-66(69)81(63)64-26-20-25-59-68(64)56-23-17-18-24-58(56)78(59)53-32-45-31-46(34-53)35-54(78)33-45)80(70-57-43-60-61(44-67(57)82-71(70)79)77(15,16)30-29-76(60,13)14)55-22-19-21-47(38-55)48-36-50(73(4,5)6)39-51(37-48)74(7,8)9/h17-28,36-46,53-54H,29-35H2,1-16H3. The maximum atomic E-state index is 2.81. The van der Waals surface area contributed by atoms with E-state index in [1.54, 1.807) is 11.1 Å². The molecular formula is C78H87BN2S. The smallest absolute Gasteiger partial charge is 0.264 e. The number of hydrogen-bond donors (Lipinski definition) is 0. The first-order valence-electron chi connectivity index (χ1n) is 31.7. The van der Waals surface area contributed by atoms with Gasteiger partial charge in [0.15, 0.2) is 0 Å². The van der Waals surface area contributed by atoms with Crippen molar-refractivity contribution >= 4 is 78.0 Å². The molecule has 4 saturated carbocycles. The molecule has 0 unspecified atom stereocenters. The van der Waals surface area contributed by atoms with Crippen molar-refractivity contribution in [1.29, 1.82) is 0 Å². The molecule has 4 heteroatoms. The molecule has 16 rings (SSSR count). The Kier molecular flexibility index (Phi) is 11.1. The van der Waals surface area contributed by atoms with Gasteiger partial charge in [-0.15, -0.1) is 11.3 Å². The van der Waals surface area contributed by atoms with Crippen molar-refractivity contribution < 1.29 is 0 Å². The molecule has 8 aromatic rings. The fourth-order valence-corrected chi connectivity index (χ4v) is 19.2. The van der Waals surface area contributed by atoms with Crippen LogP contribution in [-0.2, 0) is 37.9 Å². The normalized spacial score (nSPS) is 23.4. The van der Waals surface area contributed by atoms with Gasteiger partial charge in [-0.05, 0) is 222 Å². The van der Waals surface area contributed by atoms with Crippen LogP contribution in [0.2, 0.25) is 0 Å². The lowest BCUT2D eigenvalue weighted by Crippen LogP contribution is -2.60. The first-order chi connectivity index (χ1) is 38.6. The van der Waals surface area contributed by atoms with E-state index in [0.29, 0.717) is 11.8 Å². The summed E-state index contributed by atoms with van der Waals surface area (Å²) in [5.41, 5.74) is 28.1. The first-order valence-corrected chi connectivity index (χ1v) is 32.5. The van der Waals surface area contributed by atoms with Crippen LogP contribution in [0.1, 0.15) is 200 Å². The molecule has 0 saturated heterocycles. The zero-order chi connectivity index (χ0) is 57.3. The minimum atomic E-state index is -0.144. The highest BCUT2D eigenvalue weighted by Crippen LogP contribution is 2.71. The average molecular weight is 1100 g/mol. The highest BCUT2D eigenvalue weighted by atomic mass is 32.1. The van der Waals surface area contributed by atoms with E-state index < -0.39 is 0 Å². The third kappa shape index (κ3) is 7.56. The third-order valence-electron chi connectivity index (χ3n) is 22.3. The summed E-state index contributed by atoms with van der Waals surface area (Å²) in [7, 11) is 0. The van der Waals surface area contributed by atoms with Crippen molar-refractivity contribution in [2.24, 2.45) is 23.7 Å². The van der Waals surface area contributed by atoms with Crippen LogP contribution < -0.4 is 25.5 Å². The van der Waals surface area contributed by atoms with E-state index in [0.717, 1.165) is 11.8 Å². The minimum absolute atomic E-state index is 0.000104. The summed E-state index contributed by atoms with van der Waals surface area (Å²) in [6.07, 6.45) is 9.34. The van der Waals surface area contributed by atoms with E-state index in [4.69, 9.17) is 0 Å². The molecule has 4 bridgehead atoms. The SMILES string of the molecule is CC(C)(C)c1cc(-c2cccc(N3c4cc(C(C)(C)C)cc5c4B(c4cc(C(C)(C)C)ccc4N5c4cccc5c4-c4ccccc4C54C5CC6CC(C5)CC4C6)c4sc5cc6c(cc5c43)C(C)(C)CCC6(C)C)c2)cc(C(C)(C)C)c1. The first kappa shape index (κ1) is 52.9. The van der Waals surface area contributed by atoms with Gasteiger partial charge in [0.05, 0.1) is 11.4 Å². The van der Waals surface area contributed by atoms with Crippen LogP contribution in [-0.4, -0.2) is 6.71 Å². The summed E-state index contributed by atoms with van der Waals surface area (Å²) in [4.78, 5) is 5.58. The van der Waals surface area contributed by atoms with Crippen molar-refractivity contribution in [2.75, 3.05) is 9.80 Å². The molecule has 1 spiro atoms. The Morgan fingerprint density at radius 3 is 1.67 bits per heavy atom. The van der Waals surface area contributed by atoms with Crippen LogP contribution in [0.25, 0.3) is 32.3 Å². The Bertz CT molecular complexity index is 3960. The Hall–Kier alpha value is -5.84. The lowest BCUT2D eigenvalue weighted by atomic mass is 9.36. The lowest BCUT2D eigenvalue weighted by molar-refractivity contribution is -0.0399. The molecule has 6 aliphatic carbocycles. The number of fused-ring (bicyclic) bond motifs is 10. The number of nitrogens with zero attached hydrogens (tertiary/aromatic N) is 2. The summed E-state index contributed by atoms with van der Waals surface area (Å²) in [5, 5.41) is 1.39. The molecule has 0 radical (unpaired) electrons. The van der Waals surface area contributed by atoms with E-state index in [2.05, 4.69) is 259 Å². The van der Waals surface area contributed by atoms with Crippen molar-refractivity contribution in [3.8, 4) is 22.3 Å². The summed E-state index contributed by atoms with van der Waals surface area (Å²) in [5.74, 6) is 3.17. The lowest BCUT2D eigenvalue weighted by Gasteiger charge is -2.61. The van der Waals surface area contributed by atoms with Gasteiger partial charge in [0.2, 0.25) is 0 Å². The van der Waals surface area contributed by atoms with Gasteiger partial charge in [-0.2, -0.15) is 0 Å². The van der Waals surface area contributed by atoms with Crippen molar-refractivity contribution in [3.05, 3.63) is 172 Å². The van der Waals surface area contributed by atoms with Crippen LogP contribution in [0.5, 0.6) is 0 Å². The van der Waals surface area contributed by atoms with Gasteiger partial charge in [0, 0.05) is 48.6 Å². The average Bonchev–Trinajstić information content (AvgIpc) is 3.53. The summed E-state index contributed by atoms with van der Waals surface area (Å²) in [6, 6.07) is 52.8. The summed E-state index contributed by atoms with van der Waals surface area (Å²) in [6.45, 7) is 38.8. The van der Waals surface area contributed by atoms with Crippen LogP contribution in [0.4, 0.5) is 34.1 Å². The van der Waals surface area contributed by atoms with E-state index in [1.807, 2.05) is 0 Å². The second-order valence-corrected chi connectivity index (χ2v) is 33.6. The van der Waals surface area contributed by atoms with Gasteiger partial charge in [-0.25, -0.2) is 0 Å². The largest absolute Gasteiger partial charge is 0.311 e. The molecule has 418 valence electrons. The Labute approximate surface area is 496 Å². The molecule has 82 heavy (non-hydrogen) atoms. The molecular weight excluding hydrogens is 1010 g/mol. The predicted molar refractivity (Wildman–Crippen MR) is 355 cm³/mol. The molecule has 3 heterocycles. The van der Waals surface area contributed by atoms with Crippen LogP contribution >= 0.6 is 11.3 Å². The highest BCUT2D eigenvalue weighted by molar-refractivity contribution is 7.33. The number of hydrogen-bond acceptors (Lipinski definition) is 3. The van der Waals surface area contributed by atoms with E-state index in [1.165, 1.54) is 160 Å². The van der Waals surface area contributed by atoms with Gasteiger partial charge in [0.1, 0.15) is 0 Å². The predicted octanol–water partition coefficient (Wildman–Crippen LogP) is 19.9. The van der Waals surface area contributed by atoms with Crippen LogP contribution in [0.15, 0.2) is 127 Å². The second kappa shape index (κ2) is 17.2. The van der Waals surface area contributed by atoms with Gasteiger partial charge in [-0.1, -0.05) is 190 Å². The number of thiophene rings is 1. The second-order valence-electron chi connectivity index (χ2n) is 32.6. The Morgan fingerprint density at radius 2 is 1.04 bits per heavy atom. The molecule has 4 fully saturated rings. The summed E-state index contributed by atoms with van der Waals surface area (Å²) >= 11 is 2.08. The van der Waals surface area contributed by atoms with E-state index >= 15 is 0 Å². The van der Waals surface area contributed by atoms with Crippen molar-refractivity contribution in [2.45, 2.75) is 194 Å². The van der Waals surface area contributed by atoms with Crippen molar-refractivity contribution in [1.82, 2.24) is 0 Å². The Balaban J connectivity index is 1.05. The number of rotatable bonds is 3. The van der Waals surface area contributed by atoms with E-state index in [-0.39, 0.29) is 44.6 Å². The molecule has 0 atom stereocenters. The fraction of sp³-hybridized carbons (Fsp3) is 0.436. The molecule has 8 aliphatic rings. The van der Waals surface area contributed by atoms with Crippen LogP contribution in [0.3, 0.4) is 0 Å². The van der Waals surface area contributed by atoms with Gasteiger partial charge < -0.3 is 9.80 Å². The topological polar surface area (TPSA) is 6.48 Å². The molecule has 2 aliphatic heterocycles. The van der Waals surface area contributed by atoms with Crippen LogP contribution in [0, 0.1) is 23.7 Å². The van der Waals surface area contributed by atoms with Gasteiger partial charge in [-0.3, -0.25) is 0 Å². The maximum Gasteiger partial charge on any atom is 0.264 e. The zero-order valence-electron chi connectivity index (χ0n) is 52.3. The van der Waals surface area contributed by atoms with Gasteiger partial charge >= 0.3 is 0 Å². The molecule has 7 aromatic carbocycles. The summed E-state index contributed by atoms with van der Waals surface area (Å²) < 4.78 is 2.87. The van der Waals surface area contributed by atoms with E-state index in [9.17, 15) is 0 Å². The Morgan fingerprint density at radius 1 is 0.463 bits per heavy atom. The fourth-order valence-electron chi connectivity index (χ4n) is 17.8. The molecule has 0 N–H and O–H groups in total. The highest BCUT2D eigenvalue weighted by Gasteiger charge is 2.62. The number of benzene rings is 7. The van der Waals surface area contributed by atoms with Gasteiger partial charge in [0.25, 0.3) is 6.71 Å². The third-order valence-corrected chi connectivity index (χ3v) is 23.5. The van der Waals surface area contributed by atoms with Crippen molar-refractivity contribution in [3.63, 3.8) is 0 Å². The minimum Gasteiger partial charge on any atom is -0.311 e. The molecule has 2 nitrogen and oxygen atoms in total. The maximum absolute atomic E-state index is 2.81. The number of anilines is 6. The molecule has 1 aromatic heterocycles. The molecule has 0 amide bonds.